The smallest absolute Gasteiger partial charge is 0.254 e. The van der Waals surface area contributed by atoms with E-state index in [-0.39, 0.29) is 11.9 Å². The van der Waals surface area contributed by atoms with Crippen molar-refractivity contribution in [3.8, 4) is 0 Å². The largest absolute Gasteiger partial charge is 0.390 e. The predicted molar refractivity (Wildman–Crippen MR) is 101 cm³/mol. The third-order valence-corrected chi connectivity index (χ3v) is 5.60. The van der Waals surface area contributed by atoms with Crippen LogP contribution in [0.2, 0.25) is 0 Å². The summed E-state index contributed by atoms with van der Waals surface area (Å²) in [7, 11) is 0. The molecule has 2 heterocycles. The minimum absolute atomic E-state index is 0.0916. The van der Waals surface area contributed by atoms with Crippen molar-refractivity contribution in [3.63, 3.8) is 0 Å². The number of aryl methyl sites for hydroxylation is 1. The molecule has 1 N–H and O–H groups in total. The van der Waals surface area contributed by atoms with Crippen LogP contribution in [0.15, 0.2) is 35.8 Å². The van der Waals surface area contributed by atoms with Gasteiger partial charge in [0.05, 0.1) is 11.6 Å². The quantitative estimate of drug-likeness (QED) is 0.871. The first-order valence-corrected chi connectivity index (χ1v) is 9.84. The number of aliphatic hydroxyl groups is 1. The zero-order chi connectivity index (χ0) is 17.9. The van der Waals surface area contributed by atoms with E-state index in [2.05, 4.69) is 4.98 Å². The van der Waals surface area contributed by atoms with Crippen LogP contribution in [0.4, 0.5) is 0 Å². The van der Waals surface area contributed by atoms with Gasteiger partial charge in [0.25, 0.3) is 5.91 Å². The van der Waals surface area contributed by atoms with Gasteiger partial charge in [-0.1, -0.05) is 12.1 Å². The molecule has 0 radical (unpaired) electrons. The number of rotatable bonds is 5. The van der Waals surface area contributed by atoms with Crippen molar-refractivity contribution in [2.75, 3.05) is 6.54 Å². The van der Waals surface area contributed by atoms with Crippen LogP contribution in [0, 0.1) is 0 Å². The van der Waals surface area contributed by atoms with Gasteiger partial charge in [-0.05, 0) is 63.6 Å². The van der Waals surface area contributed by atoms with Crippen LogP contribution in [0.5, 0.6) is 0 Å². The SMILES string of the molecule is CC(C)(O)CCc1ccc(C(=O)N2CCCC[C@H]2c2nccs2)cc1. The summed E-state index contributed by atoms with van der Waals surface area (Å²) in [4.78, 5) is 19.4. The average molecular weight is 359 g/mol. The molecule has 25 heavy (non-hydrogen) atoms. The third-order valence-electron chi connectivity index (χ3n) is 4.73. The van der Waals surface area contributed by atoms with Crippen LogP contribution < -0.4 is 0 Å². The standard InChI is InChI=1S/C20H26N2O2S/c1-20(2,24)11-10-15-6-8-16(9-7-15)19(23)22-13-4-3-5-17(22)18-21-12-14-25-18/h6-9,12,14,17,24H,3-5,10-11,13H2,1-2H3/t17-/m0/s1. The van der Waals surface area contributed by atoms with Crippen molar-refractivity contribution in [2.24, 2.45) is 0 Å². The van der Waals surface area contributed by atoms with Gasteiger partial charge in [0, 0.05) is 23.7 Å². The van der Waals surface area contributed by atoms with Crippen LogP contribution in [0.25, 0.3) is 0 Å². The van der Waals surface area contributed by atoms with E-state index in [0.717, 1.165) is 48.4 Å². The first kappa shape index (κ1) is 18.1. The first-order chi connectivity index (χ1) is 11.9. The van der Waals surface area contributed by atoms with Crippen molar-refractivity contribution in [3.05, 3.63) is 52.0 Å². The Hall–Kier alpha value is -1.72. The minimum atomic E-state index is -0.663. The Morgan fingerprint density at radius 1 is 1.32 bits per heavy atom. The summed E-state index contributed by atoms with van der Waals surface area (Å²) in [5.74, 6) is 0.0916. The second kappa shape index (κ2) is 7.67. The maximum atomic E-state index is 13.0. The normalized spacial score (nSPS) is 18.4. The highest BCUT2D eigenvalue weighted by Gasteiger charge is 2.30. The number of benzene rings is 1. The van der Waals surface area contributed by atoms with Crippen molar-refractivity contribution < 1.29 is 9.90 Å². The van der Waals surface area contributed by atoms with Crippen LogP contribution in [-0.4, -0.2) is 33.0 Å². The molecule has 1 aliphatic heterocycles. The lowest BCUT2D eigenvalue weighted by molar-refractivity contribution is 0.0610. The van der Waals surface area contributed by atoms with E-state index in [0.29, 0.717) is 6.42 Å². The molecule has 1 atom stereocenters. The zero-order valence-electron chi connectivity index (χ0n) is 14.9. The second-order valence-corrected chi connectivity index (χ2v) is 8.32. The summed E-state index contributed by atoms with van der Waals surface area (Å²) in [6.07, 6.45) is 6.51. The molecule has 0 unspecified atom stereocenters. The summed E-state index contributed by atoms with van der Waals surface area (Å²) in [6.45, 7) is 4.43. The summed E-state index contributed by atoms with van der Waals surface area (Å²) in [6, 6.07) is 7.93. The first-order valence-electron chi connectivity index (χ1n) is 8.96. The van der Waals surface area contributed by atoms with Crippen molar-refractivity contribution in [2.45, 2.75) is 57.6 Å². The fourth-order valence-corrected chi connectivity index (χ4v) is 4.05. The molecular formula is C20H26N2O2S. The highest BCUT2D eigenvalue weighted by molar-refractivity contribution is 7.09. The molecule has 2 aromatic rings. The van der Waals surface area contributed by atoms with Gasteiger partial charge in [-0.25, -0.2) is 4.98 Å². The molecule has 4 nitrogen and oxygen atoms in total. The number of thiazole rings is 1. The number of carbonyl (C=O) groups excluding carboxylic acids is 1. The lowest BCUT2D eigenvalue weighted by Crippen LogP contribution is -2.38. The monoisotopic (exact) mass is 358 g/mol. The van der Waals surface area contributed by atoms with Crippen LogP contribution in [0.3, 0.4) is 0 Å². The summed E-state index contributed by atoms with van der Waals surface area (Å²) in [5.41, 5.74) is 1.22. The second-order valence-electron chi connectivity index (χ2n) is 7.39. The Morgan fingerprint density at radius 2 is 2.08 bits per heavy atom. The molecule has 1 aromatic heterocycles. The topological polar surface area (TPSA) is 53.4 Å². The Morgan fingerprint density at radius 3 is 2.72 bits per heavy atom. The van der Waals surface area contributed by atoms with Gasteiger partial charge < -0.3 is 10.0 Å². The Kier molecular flexibility index (Phi) is 5.54. The molecule has 1 aliphatic rings. The fraction of sp³-hybridized carbons (Fsp3) is 0.500. The van der Waals surface area contributed by atoms with Gasteiger partial charge >= 0.3 is 0 Å². The number of nitrogens with zero attached hydrogens (tertiary/aromatic N) is 2. The van der Waals surface area contributed by atoms with Gasteiger partial charge in [0.15, 0.2) is 0 Å². The molecule has 0 aliphatic carbocycles. The highest BCUT2D eigenvalue weighted by atomic mass is 32.1. The maximum Gasteiger partial charge on any atom is 0.254 e. The van der Waals surface area contributed by atoms with Crippen LogP contribution in [0.1, 0.15) is 66.5 Å². The number of hydrogen-bond acceptors (Lipinski definition) is 4. The van der Waals surface area contributed by atoms with E-state index >= 15 is 0 Å². The van der Waals surface area contributed by atoms with E-state index in [1.165, 1.54) is 0 Å². The van der Waals surface area contributed by atoms with Crippen molar-refractivity contribution in [1.29, 1.82) is 0 Å². The van der Waals surface area contributed by atoms with Crippen LogP contribution in [-0.2, 0) is 6.42 Å². The van der Waals surface area contributed by atoms with E-state index in [1.54, 1.807) is 11.3 Å². The van der Waals surface area contributed by atoms with E-state index in [1.807, 2.05) is 54.6 Å². The van der Waals surface area contributed by atoms with Gasteiger partial charge in [-0.3, -0.25) is 4.79 Å². The third kappa shape index (κ3) is 4.67. The molecule has 0 saturated carbocycles. The van der Waals surface area contributed by atoms with Gasteiger partial charge in [0.1, 0.15) is 5.01 Å². The number of likely N-dealkylation sites (tertiary alicyclic amines) is 1. The van der Waals surface area contributed by atoms with E-state index < -0.39 is 5.60 Å². The van der Waals surface area contributed by atoms with Gasteiger partial charge in [-0.2, -0.15) is 0 Å². The summed E-state index contributed by atoms with van der Waals surface area (Å²) >= 11 is 1.63. The average Bonchev–Trinajstić information content (AvgIpc) is 3.14. The minimum Gasteiger partial charge on any atom is -0.390 e. The summed E-state index contributed by atoms with van der Waals surface area (Å²) in [5, 5.41) is 12.9. The maximum absolute atomic E-state index is 13.0. The lowest BCUT2D eigenvalue weighted by atomic mass is 9.97. The number of piperidine rings is 1. The van der Waals surface area contributed by atoms with Gasteiger partial charge in [-0.15, -0.1) is 11.3 Å². The Balaban J connectivity index is 1.71. The number of carbonyl (C=O) groups is 1. The zero-order valence-corrected chi connectivity index (χ0v) is 15.8. The molecular weight excluding hydrogens is 332 g/mol. The molecule has 3 rings (SSSR count). The molecule has 1 saturated heterocycles. The number of amides is 1. The predicted octanol–water partition coefficient (Wildman–Crippen LogP) is 4.21. The molecule has 1 amide bonds. The summed E-state index contributed by atoms with van der Waals surface area (Å²) < 4.78 is 0. The fourth-order valence-electron chi connectivity index (χ4n) is 3.26. The molecule has 1 fully saturated rings. The highest BCUT2D eigenvalue weighted by Crippen LogP contribution is 2.33. The molecule has 0 spiro atoms. The Bertz CT molecular complexity index is 689. The van der Waals surface area contributed by atoms with E-state index in [9.17, 15) is 9.90 Å². The van der Waals surface area contributed by atoms with Crippen molar-refractivity contribution >= 4 is 17.2 Å². The molecule has 5 heteroatoms. The number of aromatic nitrogens is 1. The lowest BCUT2D eigenvalue weighted by Gasteiger charge is -2.34. The Labute approximate surface area is 153 Å². The van der Waals surface area contributed by atoms with Crippen molar-refractivity contribution in [1.82, 2.24) is 9.88 Å². The van der Waals surface area contributed by atoms with Crippen LogP contribution >= 0.6 is 11.3 Å². The van der Waals surface area contributed by atoms with E-state index in [4.69, 9.17) is 0 Å². The molecule has 1 aromatic carbocycles. The molecule has 0 bridgehead atoms. The van der Waals surface area contributed by atoms with Gasteiger partial charge in [0.2, 0.25) is 0 Å². The molecule has 134 valence electrons. The number of hydrogen-bond donors (Lipinski definition) is 1.